The highest BCUT2D eigenvalue weighted by Crippen LogP contribution is 2.34. The van der Waals surface area contributed by atoms with Gasteiger partial charge in [-0.1, -0.05) is 29.3 Å². The Morgan fingerprint density at radius 2 is 1.97 bits per heavy atom. The summed E-state index contributed by atoms with van der Waals surface area (Å²) in [7, 11) is 1.56. The van der Waals surface area contributed by atoms with Gasteiger partial charge in [0, 0.05) is 38.8 Å². The van der Waals surface area contributed by atoms with E-state index in [1.165, 1.54) is 19.3 Å². The van der Waals surface area contributed by atoms with E-state index in [-0.39, 0.29) is 12.5 Å². The molecule has 0 spiro atoms. The first-order chi connectivity index (χ1) is 14.0. The Labute approximate surface area is 184 Å². The van der Waals surface area contributed by atoms with E-state index in [4.69, 9.17) is 27.9 Å². The number of nitrogens with one attached hydrogen (secondary N) is 1. The Balaban J connectivity index is 1.40. The third kappa shape index (κ3) is 6.24. The van der Waals surface area contributed by atoms with Gasteiger partial charge in [0.1, 0.15) is 6.61 Å². The van der Waals surface area contributed by atoms with Crippen LogP contribution in [0.2, 0.25) is 10.0 Å². The van der Waals surface area contributed by atoms with Crippen LogP contribution in [0.3, 0.4) is 0 Å². The zero-order chi connectivity index (χ0) is 20.8. The fraction of sp³-hybridized carbons (Fsp3) is 0.682. The number of rotatable bonds is 7. The van der Waals surface area contributed by atoms with Gasteiger partial charge in [-0.3, -0.25) is 9.69 Å². The molecule has 1 aliphatic carbocycles. The summed E-state index contributed by atoms with van der Waals surface area (Å²) in [5.41, 5.74) is 1.04. The molecule has 1 aliphatic heterocycles. The molecule has 7 heteroatoms. The van der Waals surface area contributed by atoms with E-state index in [9.17, 15) is 4.79 Å². The lowest BCUT2D eigenvalue weighted by atomic mass is 9.84. The standard InChI is InChI=1S/C22H33Cl2N3O2/c1-16-14-26(12-13-27(16)20-5-3-4-19(23)22(20)24)11-10-17-6-8-18(9-7-17)25-21(28)15-29-2/h3-5,16-18H,6-15H2,1-2H3,(H,25,28)/t16-,17?,18?/m1/s1. The summed E-state index contributed by atoms with van der Waals surface area (Å²) in [5.74, 6) is 0.768. The molecule has 1 saturated heterocycles. The Bertz CT molecular complexity index is 680. The molecule has 1 atom stereocenters. The van der Waals surface area contributed by atoms with Crippen LogP contribution in [0.1, 0.15) is 39.0 Å². The molecule has 1 heterocycles. The zero-order valence-corrected chi connectivity index (χ0v) is 19.0. The van der Waals surface area contributed by atoms with E-state index >= 15 is 0 Å². The summed E-state index contributed by atoms with van der Waals surface area (Å²) in [4.78, 5) is 16.6. The monoisotopic (exact) mass is 441 g/mol. The molecule has 162 valence electrons. The van der Waals surface area contributed by atoms with Gasteiger partial charge in [0.05, 0.1) is 15.7 Å². The largest absolute Gasteiger partial charge is 0.375 e. The van der Waals surface area contributed by atoms with Gasteiger partial charge >= 0.3 is 0 Å². The molecule has 2 fully saturated rings. The van der Waals surface area contributed by atoms with Crippen LogP contribution in [0.15, 0.2) is 18.2 Å². The Morgan fingerprint density at radius 1 is 1.21 bits per heavy atom. The van der Waals surface area contributed by atoms with Crippen molar-refractivity contribution in [2.24, 2.45) is 5.92 Å². The topological polar surface area (TPSA) is 44.8 Å². The normalized spacial score (nSPS) is 25.8. The highest BCUT2D eigenvalue weighted by Gasteiger charge is 2.27. The van der Waals surface area contributed by atoms with Gasteiger partial charge in [0.15, 0.2) is 0 Å². The van der Waals surface area contributed by atoms with Gasteiger partial charge in [-0.25, -0.2) is 0 Å². The van der Waals surface area contributed by atoms with Crippen molar-refractivity contribution >= 4 is 34.8 Å². The number of anilines is 1. The maximum Gasteiger partial charge on any atom is 0.246 e. The quantitative estimate of drug-likeness (QED) is 0.687. The molecule has 3 rings (SSSR count). The predicted octanol–water partition coefficient (Wildman–Crippen LogP) is 4.22. The van der Waals surface area contributed by atoms with Crippen molar-refractivity contribution in [1.29, 1.82) is 0 Å². The van der Waals surface area contributed by atoms with E-state index in [1.807, 2.05) is 12.1 Å². The van der Waals surface area contributed by atoms with Crippen LogP contribution in [0.5, 0.6) is 0 Å². The summed E-state index contributed by atoms with van der Waals surface area (Å²) in [6.45, 7) is 6.63. The second-order valence-electron chi connectivity index (χ2n) is 8.42. The molecule has 1 N–H and O–H groups in total. The van der Waals surface area contributed by atoms with Crippen LogP contribution in [0.25, 0.3) is 0 Å². The zero-order valence-electron chi connectivity index (χ0n) is 17.5. The Kier molecular flexibility index (Phi) is 8.48. The lowest BCUT2D eigenvalue weighted by Gasteiger charge is -2.42. The van der Waals surface area contributed by atoms with Crippen molar-refractivity contribution in [3.8, 4) is 0 Å². The fourth-order valence-corrected chi connectivity index (χ4v) is 5.07. The third-order valence-electron chi connectivity index (χ3n) is 6.29. The van der Waals surface area contributed by atoms with Crippen molar-refractivity contribution in [3.05, 3.63) is 28.2 Å². The van der Waals surface area contributed by atoms with E-state index in [1.54, 1.807) is 7.11 Å². The molecule has 1 amide bonds. The summed E-state index contributed by atoms with van der Waals surface area (Å²) < 4.78 is 4.89. The number of nitrogens with zero attached hydrogens (tertiary/aromatic N) is 2. The van der Waals surface area contributed by atoms with Crippen molar-refractivity contribution in [2.45, 2.75) is 51.1 Å². The molecule has 1 saturated carbocycles. The maximum absolute atomic E-state index is 11.7. The number of carbonyl (C=O) groups is 1. The van der Waals surface area contributed by atoms with Gasteiger partial charge in [-0.05, 0) is 63.6 Å². The number of benzene rings is 1. The molecule has 29 heavy (non-hydrogen) atoms. The molecule has 0 radical (unpaired) electrons. The average molecular weight is 442 g/mol. The van der Waals surface area contributed by atoms with Gasteiger partial charge in [0.2, 0.25) is 5.91 Å². The number of halogens is 2. The Morgan fingerprint density at radius 3 is 2.66 bits per heavy atom. The fourth-order valence-electron chi connectivity index (χ4n) is 4.67. The number of carbonyl (C=O) groups excluding carboxylic acids is 1. The number of methoxy groups -OCH3 is 1. The minimum Gasteiger partial charge on any atom is -0.375 e. The van der Waals surface area contributed by atoms with Gasteiger partial charge < -0.3 is 15.0 Å². The average Bonchev–Trinajstić information content (AvgIpc) is 2.70. The number of piperazine rings is 1. The summed E-state index contributed by atoms with van der Waals surface area (Å²) in [5, 5.41) is 4.36. The second-order valence-corrected chi connectivity index (χ2v) is 9.21. The smallest absolute Gasteiger partial charge is 0.246 e. The number of hydrogen-bond acceptors (Lipinski definition) is 4. The van der Waals surface area contributed by atoms with E-state index in [0.717, 1.165) is 50.6 Å². The number of hydrogen-bond donors (Lipinski definition) is 1. The van der Waals surface area contributed by atoms with Gasteiger partial charge in [0.25, 0.3) is 0 Å². The summed E-state index contributed by atoms with van der Waals surface area (Å²) >= 11 is 12.6. The summed E-state index contributed by atoms with van der Waals surface area (Å²) in [6.07, 6.45) is 5.80. The molecular weight excluding hydrogens is 409 g/mol. The molecule has 0 unspecified atom stereocenters. The lowest BCUT2D eigenvalue weighted by Crippen LogP contribution is -2.52. The van der Waals surface area contributed by atoms with Crippen molar-refractivity contribution < 1.29 is 9.53 Å². The van der Waals surface area contributed by atoms with Crippen molar-refractivity contribution in [2.75, 3.05) is 44.8 Å². The van der Waals surface area contributed by atoms with Crippen LogP contribution < -0.4 is 10.2 Å². The number of ether oxygens (including phenoxy) is 1. The minimum atomic E-state index is 0.00242. The van der Waals surface area contributed by atoms with Crippen LogP contribution in [0.4, 0.5) is 5.69 Å². The number of amides is 1. The van der Waals surface area contributed by atoms with Crippen LogP contribution in [-0.4, -0.2) is 62.8 Å². The summed E-state index contributed by atoms with van der Waals surface area (Å²) in [6, 6.07) is 6.60. The first kappa shape index (κ1) is 22.7. The second kappa shape index (κ2) is 10.9. The molecule has 0 bridgehead atoms. The van der Waals surface area contributed by atoms with Gasteiger partial charge in [-0.15, -0.1) is 0 Å². The molecule has 1 aromatic carbocycles. The van der Waals surface area contributed by atoms with Crippen LogP contribution in [-0.2, 0) is 9.53 Å². The van der Waals surface area contributed by atoms with E-state index in [2.05, 4.69) is 28.1 Å². The highest BCUT2D eigenvalue weighted by atomic mass is 35.5. The van der Waals surface area contributed by atoms with Gasteiger partial charge in [-0.2, -0.15) is 0 Å². The molecule has 5 nitrogen and oxygen atoms in total. The minimum absolute atomic E-state index is 0.00242. The first-order valence-electron chi connectivity index (χ1n) is 10.7. The van der Waals surface area contributed by atoms with Crippen LogP contribution in [0, 0.1) is 5.92 Å². The molecular formula is C22H33Cl2N3O2. The lowest BCUT2D eigenvalue weighted by molar-refractivity contribution is -0.125. The predicted molar refractivity (Wildman–Crippen MR) is 120 cm³/mol. The maximum atomic E-state index is 11.7. The Hall–Kier alpha value is -1.01. The van der Waals surface area contributed by atoms with E-state index < -0.39 is 0 Å². The first-order valence-corrected chi connectivity index (χ1v) is 11.4. The third-order valence-corrected chi connectivity index (χ3v) is 7.10. The van der Waals surface area contributed by atoms with E-state index in [0.29, 0.717) is 22.1 Å². The van der Waals surface area contributed by atoms with Crippen molar-refractivity contribution in [1.82, 2.24) is 10.2 Å². The molecule has 0 aromatic heterocycles. The SMILES string of the molecule is COCC(=O)NC1CCC(CCN2CCN(c3cccc(Cl)c3Cl)[C@H](C)C2)CC1. The highest BCUT2D eigenvalue weighted by molar-refractivity contribution is 6.43. The van der Waals surface area contributed by atoms with Crippen molar-refractivity contribution in [3.63, 3.8) is 0 Å². The molecule has 1 aromatic rings. The van der Waals surface area contributed by atoms with Crippen LogP contribution >= 0.6 is 23.2 Å². The molecule has 2 aliphatic rings.